The molecule has 7 heteroatoms. The van der Waals surface area contributed by atoms with Crippen LogP contribution in [0.2, 0.25) is 0 Å². The Balaban J connectivity index is 1.25. The minimum atomic E-state index is -0.0865. The molecule has 0 bridgehead atoms. The maximum absolute atomic E-state index is 12.8. The fourth-order valence-corrected chi connectivity index (χ4v) is 4.10. The minimum absolute atomic E-state index is 0.0375. The topological polar surface area (TPSA) is 77.1 Å². The van der Waals surface area contributed by atoms with Gasteiger partial charge in [0.2, 0.25) is 0 Å². The number of aryl methyl sites for hydroxylation is 1. The van der Waals surface area contributed by atoms with Crippen molar-refractivity contribution in [2.45, 2.75) is 37.8 Å². The van der Waals surface area contributed by atoms with Crippen LogP contribution in [0, 0.1) is 0 Å². The molecule has 0 spiro atoms. The Kier molecular flexibility index (Phi) is 3.56. The van der Waals surface area contributed by atoms with Crippen LogP contribution in [-0.2, 0) is 6.54 Å². The number of hydrogen-bond donors (Lipinski definition) is 1. The van der Waals surface area contributed by atoms with Gasteiger partial charge in [0.05, 0.1) is 28.5 Å². The van der Waals surface area contributed by atoms with Crippen LogP contribution >= 0.6 is 0 Å². The molecule has 0 unspecified atom stereocenters. The number of carbonyl (C=O) groups excluding carboxylic acids is 1. The maximum atomic E-state index is 12.8. The molecule has 29 heavy (non-hydrogen) atoms. The zero-order valence-electron chi connectivity index (χ0n) is 15.8. The van der Waals surface area contributed by atoms with Crippen LogP contribution in [0.4, 0.5) is 0 Å². The van der Waals surface area contributed by atoms with Crippen molar-refractivity contribution in [3.63, 3.8) is 0 Å². The van der Waals surface area contributed by atoms with Gasteiger partial charge in [-0.15, -0.1) is 0 Å². The van der Waals surface area contributed by atoms with Crippen molar-refractivity contribution >= 4 is 11.4 Å². The quantitative estimate of drug-likeness (QED) is 0.585. The Morgan fingerprint density at radius 3 is 2.90 bits per heavy atom. The van der Waals surface area contributed by atoms with E-state index >= 15 is 0 Å². The van der Waals surface area contributed by atoms with Crippen LogP contribution in [0.25, 0.3) is 16.8 Å². The van der Waals surface area contributed by atoms with E-state index in [0.717, 1.165) is 41.1 Å². The number of pyridine rings is 1. The summed E-state index contributed by atoms with van der Waals surface area (Å²) in [6, 6.07) is 11.9. The fraction of sp³-hybridized carbons (Fsp3) is 0.273. The summed E-state index contributed by atoms with van der Waals surface area (Å²) in [7, 11) is 0. The van der Waals surface area contributed by atoms with E-state index in [-0.39, 0.29) is 11.9 Å². The summed E-state index contributed by atoms with van der Waals surface area (Å²) in [5, 5.41) is 12.2. The van der Waals surface area contributed by atoms with E-state index in [2.05, 4.69) is 27.5 Å². The highest BCUT2D eigenvalue weighted by molar-refractivity contribution is 5.95. The maximum Gasteiger partial charge on any atom is 0.253 e. The second-order valence-electron chi connectivity index (χ2n) is 7.86. The highest BCUT2D eigenvalue weighted by atomic mass is 16.1. The Hall–Kier alpha value is -3.48. The van der Waals surface area contributed by atoms with Gasteiger partial charge in [-0.2, -0.15) is 10.2 Å². The molecular formula is C22H20N6O. The lowest BCUT2D eigenvalue weighted by atomic mass is 10.1. The number of nitrogens with one attached hydrogen (secondary N) is 1. The first-order valence-corrected chi connectivity index (χ1v) is 10.0. The first-order chi connectivity index (χ1) is 14.2. The van der Waals surface area contributed by atoms with Crippen LogP contribution in [0.1, 0.15) is 53.0 Å². The second-order valence-corrected chi connectivity index (χ2v) is 7.86. The van der Waals surface area contributed by atoms with E-state index in [1.807, 2.05) is 35.1 Å². The zero-order chi connectivity index (χ0) is 19.4. The van der Waals surface area contributed by atoms with Crippen molar-refractivity contribution in [3.8, 4) is 11.3 Å². The molecule has 6 rings (SSSR count). The molecule has 4 aromatic heterocycles. The lowest BCUT2D eigenvalue weighted by molar-refractivity contribution is 0.0936. The molecule has 1 atom stereocenters. The molecular weight excluding hydrogens is 364 g/mol. The first-order valence-electron chi connectivity index (χ1n) is 10.0. The Labute approximate surface area is 167 Å². The number of amides is 1. The smallest absolute Gasteiger partial charge is 0.253 e. The number of rotatable bonds is 4. The normalized spacial score (nSPS) is 18.1. The van der Waals surface area contributed by atoms with Crippen LogP contribution in [0.15, 0.2) is 55.0 Å². The molecule has 0 aromatic carbocycles. The molecule has 5 heterocycles. The summed E-state index contributed by atoms with van der Waals surface area (Å²) in [6.45, 7) is 0.806. The SMILES string of the molecule is O=C(N[C@H]1CCn2nc(-c3ccnc(C4CC4)c3)cc21)c1cc2cccnn2c1. The van der Waals surface area contributed by atoms with Crippen LogP contribution < -0.4 is 5.32 Å². The van der Waals surface area contributed by atoms with E-state index in [1.54, 1.807) is 16.9 Å². The van der Waals surface area contributed by atoms with Crippen LogP contribution in [0.3, 0.4) is 0 Å². The van der Waals surface area contributed by atoms with Crippen LogP contribution in [-0.4, -0.2) is 30.3 Å². The highest BCUT2D eigenvalue weighted by Gasteiger charge is 2.28. The molecule has 1 aliphatic carbocycles. The number of aromatic nitrogens is 5. The van der Waals surface area contributed by atoms with E-state index in [0.29, 0.717) is 11.5 Å². The Morgan fingerprint density at radius 2 is 2.03 bits per heavy atom. The summed E-state index contributed by atoms with van der Waals surface area (Å²) in [4.78, 5) is 17.3. The van der Waals surface area contributed by atoms with Gasteiger partial charge in [-0.1, -0.05) is 0 Å². The van der Waals surface area contributed by atoms with Gasteiger partial charge in [0, 0.05) is 42.3 Å². The molecule has 1 N–H and O–H groups in total. The van der Waals surface area contributed by atoms with Crippen molar-refractivity contribution in [3.05, 3.63) is 71.9 Å². The summed E-state index contributed by atoms with van der Waals surface area (Å²) in [6.07, 6.45) is 8.66. The van der Waals surface area contributed by atoms with Crippen molar-refractivity contribution in [2.24, 2.45) is 0 Å². The van der Waals surface area contributed by atoms with Crippen molar-refractivity contribution in [1.82, 2.24) is 29.7 Å². The fourth-order valence-electron chi connectivity index (χ4n) is 4.10. The molecule has 144 valence electrons. The predicted octanol–water partition coefficient (Wildman–Crippen LogP) is 3.35. The largest absolute Gasteiger partial charge is 0.344 e. The summed E-state index contributed by atoms with van der Waals surface area (Å²) in [5.74, 6) is 0.528. The van der Waals surface area contributed by atoms with Crippen molar-refractivity contribution in [1.29, 1.82) is 0 Å². The molecule has 1 saturated carbocycles. The van der Waals surface area contributed by atoms with Crippen molar-refractivity contribution in [2.75, 3.05) is 0 Å². The summed E-state index contributed by atoms with van der Waals surface area (Å²) >= 11 is 0. The van der Waals surface area contributed by atoms with Gasteiger partial charge in [-0.25, -0.2) is 4.52 Å². The van der Waals surface area contributed by atoms with Crippen molar-refractivity contribution < 1.29 is 4.79 Å². The zero-order valence-corrected chi connectivity index (χ0v) is 15.8. The third-order valence-electron chi connectivity index (χ3n) is 5.81. The van der Waals surface area contributed by atoms with E-state index in [4.69, 9.17) is 5.10 Å². The molecule has 4 aromatic rings. The van der Waals surface area contributed by atoms with Gasteiger partial charge in [0.1, 0.15) is 0 Å². The van der Waals surface area contributed by atoms with Gasteiger partial charge in [0.25, 0.3) is 5.91 Å². The van der Waals surface area contributed by atoms with E-state index < -0.39 is 0 Å². The van der Waals surface area contributed by atoms with Gasteiger partial charge >= 0.3 is 0 Å². The number of fused-ring (bicyclic) bond motifs is 2. The average Bonchev–Trinajstić information content (AvgIpc) is 3.20. The predicted molar refractivity (Wildman–Crippen MR) is 107 cm³/mol. The molecule has 7 nitrogen and oxygen atoms in total. The lowest BCUT2D eigenvalue weighted by Gasteiger charge is -2.10. The molecule has 0 saturated heterocycles. The summed E-state index contributed by atoms with van der Waals surface area (Å²) < 4.78 is 3.72. The van der Waals surface area contributed by atoms with E-state index in [1.165, 1.54) is 12.8 Å². The Bertz CT molecular complexity index is 1200. The lowest BCUT2D eigenvalue weighted by Crippen LogP contribution is -2.26. The molecule has 1 amide bonds. The second kappa shape index (κ2) is 6.27. The van der Waals surface area contributed by atoms with Gasteiger partial charge in [-0.3, -0.25) is 14.5 Å². The minimum Gasteiger partial charge on any atom is -0.344 e. The molecule has 2 aliphatic rings. The number of carbonyl (C=O) groups is 1. The molecule has 1 fully saturated rings. The van der Waals surface area contributed by atoms with Crippen LogP contribution in [0.5, 0.6) is 0 Å². The third-order valence-corrected chi connectivity index (χ3v) is 5.81. The highest BCUT2D eigenvalue weighted by Crippen LogP contribution is 2.40. The van der Waals surface area contributed by atoms with Gasteiger partial charge in [0.15, 0.2) is 0 Å². The van der Waals surface area contributed by atoms with Gasteiger partial charge in [-0.05, 0) is 55.7 Å². The van der Waals surface area contributed by atoms with Gasteiger partial charge < -0.3 is 5.32 Å². The third kappa shape index (κ3) is 2.90. The number of hydrogen-bond acceptors (Lipinski definition) is 4. The monoisotopic (exact) mass is 384 g/mol. The Morgan fingerprint density at radius 1 is 1.10 bits per heavy atom. The van der Waals surface area contributed by atoms with E-state index in [9.17, 15) is 4.79 Å². The molecule has 0 radical (unpaired) electrons. The standard InChI is InChI=1S/C22H20N6O/c29-22(16-10-17-2-1-7-24-28(17)13-16)25-18-6-9-27-21(18)12-20(26-27)15-5-8-23-19(11-15)14-3-4-14/h1-2,5,7-8,10-14,18H,3-4,6,9H2,(H,25,29)/t18-/m0/s1. The first kappa shape index (κ1) is 16.5. The number of nitrogens with zero attached hydrogens (tertiary/aromatic N) is 5. The average molecular weight is 384 g/mol. The summed E-state index contributed by atoms with van der Waals surface area (Å²) in [5.41, 5.74) is 5.78. The molecule has 1 aliphatic heterocycles.